The number of para-hydroxylation sites is 1. The number of amides is 1. The van der Waals surface area contributed by atoms with Crippen molar-refractivity contribution in [2.45, 2.75) is 36.7 Å². The molecule has 2 aromatic heterocycles. The van der Waals surface area contributed by atoms with E-state index in [9.17, 15) is 4.79 Å². The van der Waals surface area contributed by atoms with Crippen LogP contribution in [0.3, 0.4) is 0 Å². The van der Waals surface area contributed by atoms with Gasteiger partial charge in [0.2, 0.25) is 11.7 Å². The number of hydrogen-bond donors (Lipinski definition) is 0. The van der Waals surface area contributed by atoms with Gasteiger partial charge in [0, 0.05) is 12.2 Å². The van der Waals surface area contributed by atoms with Gasteiger partial charge < -0.3 is 9.32 Å². The Bertz CT molecular complexity index is 1200. The van der Waals surface area contributed by atoms with Crippen LogP contribution in [0, 0.1) is 0 Å². The van der Waals surface area contributed by atoms with E-state index >= 15 is 0 Å². The van der Waals surface area contributed by atoms with E-state index in [2.05, 4.69) is 28.4 Å². The third-order valence-electron chi connectivity index (χ3n) is 5.65. The number of carbonyl (C=O) groups is 1. The van der Waals surface area contributed by atoms with E-state index in [0.29, 0.717) is 23.3 Å². The van der Waals surface area contributed by atoms with Crippen LogP contribution in [-0.2, 0) is 17.8 Å². The summed E-state index contributed by atoms with van der Waals surface area (Å²) in [7, 11) is 0. The van der Waals surface area contributed by atoms with Crippen LogP contribution in [0.5, 0.6) is 0 Å². The van der Waals surface area contributed by atoms with Gasteiger partial charge in [-0.25, -0.2) is 0 Å². The monoisotopic (exact) mass is 444 g/mol. The Kier molecular flexibility index (Phi) is 5.81. The molecule has 32 heavy (non-hydrogen) atoms. The van der Waals surface area contributed by atoms with Crippen molar-refractivity contribution in [1.29, 1.82) is 0 Å². The first kappa shape index (κ1) is 20.6. The minimum atomic E-state index is -0.302. The average molecular weight is 445 g/mol. The van der Waals surface area contributed by atoms with Crippen molar-refractivity contribution >= 4 is 23.4 Å². The second-order valence-electron chi connectivity index (χ2n) is 7.84. The number of rotatable bonds is 6. The zero-order chi connectivity index (χ0) is 21.9. The van der Waals surface area contributed by atoms with Crippen LogP contribution < -0.4 is 4.90 Å². The van der Waals surface area contributed by atoms with E-state index in [4.69, 9.17) is 4.42 Å². The summed E-state index contributed by atoms with van der Waals surface area (Å²) in [6.07, 6.45) is 3.62. The fourth-order valence-corrected chi connectivity index (χ4v) is 4.97. The maximum absolute atomic E-state index is 13.4. The molecule has 0 spiro atoms. The molecule has 1 unspecified atom stereocenters. The molecule has 0 fully saturated rings. The second-order valence-corrected chi connectivity index (χ2v) is 9.15. The van der Waals surface area contributed by atoms with E-state index < -0.39 is 0 Å². The molecule has 7 heteroatoms. The first-order valence-corrected chi connectivity index (χ1v) is 11.7. The maximum Gasteiger partial charge on any atom is 0.240 e. The molecular weight excluding hydrogens is 420 g/mol. The number of nitrogens with zero attached hydrogens (tertiary/aromatic N) is 4. The highest BCUT2D eigenvalue weighted by atomic mass is 32.2. The van der Waals surface area contributed by atoms with Crippen molar-refractivity contribution in [3.05, 3.63) is 84.1 Å². The first-order chi connectivity index (χ1) is 15.7. The van der Waals surface area contributed by atoms with Gasteiger partial charge in [0.05, 0.1) is 18.1 Å². The molecule has 0 saturated heterocycles. The maximum atomic E-state index is 13.4. The van der Waals surface area contributed by atoms with Gasteiger partial charge >= 0.3 is 0 Å². The molecule has 1 aliphatic heterocycles. The molecule has 1 atom stereocenters. The molecule has 162 valence electrons. The summed E-state index contributed by atoms with van der Waals surface area (Å²) in [6.45, 7) is 3.28. The molecule has 1 amide bonds. The smallest absolute Gasteiger partial charge is 0.240 e. The predicted molar refractivity (Wildman–Crippen MR) is 126 cm³/mol. The van der Waals surface area contributed by atoms with Gasteiger partial charge in [0.1, 0.15) is 0 Å². The standard InChI is InChI=1S/C25H24N4O2S/c1-18(24(30)28-15-7-12-20-11-5-6-13-21(20)28)32-25-27-26-23(22-14-8-16-31-22)29(25)17-19-9-3-2-4-10-19/h2-6,8-11,13-14,16,18H,7,12,15,17H2,1H3. The lowest BCUT2D eigenvalue weighted by molar-refractivity contribution is -0.117. The van der Waals surface area contributed by atoms with Crippen molar-refractivity contribution in [3.63, 3.8) is 0 Å². The van der Waals surface area contributed by atoms with Crippen molar-refractivity contribution in [1.82, 2.24) is 14.8 Å². The highest BCUT2D eigenvalue weighted by Crippen LogP contribution is 2.32. The van der Waals surface area contributed by atoms with Crippen LogP contribution in [0.15, 0.2) is 82.6 Å². The number of aromatic nitrogens is 3. The number of hydrogen-bond acceptors (Lipinski definition) is 5. The van der Waals surface area contributed by atoms with E-state index in [1.54, 1.807) is 6.26 Å². The highest BCUT2D eigenvalue weighted by molar-refractivity contribution is 8.00. The normalized spacial score (nSPS) is 14.2. The summed E-state index contributed by atoms with van der Waals surface area (Å²) in [5, 5.41) is 9.21. The summed E-state index contributed by atoms with van der Waals surface area (Å²) >= 11 is 1.44. The number of aryl methyl sites for hydroxylation is 1. The summed E-state index contributed by atoms with van der Waals surface area (Å²) in [5.41, 5.74) is 3.39. The van der Waals surface area contributed by atoms with Gasteiger partial charge in [-0.1, -0.05) is 60.3 Å². The zero-order valence-corrected chi connectivity index (χ0v) is 18.7. The Morgan fingerprint density at radius 2 is 1.88 bits per heavy atom. The average Bonchev–Trinajstić information content (AvgIpc) is 3.49. The first-order valence-electron chi connectivity index (χ1n) is 10.8. The Balaban J connectivity index is 1.42. The Morgan fingerprint density at radius 1 is 1.06 bits per heavy atom. The second kappa shape index (κ2) is 9.04. The summed E-state index contributed by atoms with van der Waals surface area (Å²) < 4.78 is 7.61. The van der Waals surface area contributed by atoms with Crippen molar-refractivity contribution < 1.29 is 9.21 Å². The van der Waals surface area contributed by atoms with E-state index in [1.165, 1.54) is 17.3 Å². The Labute approximate surface area is 191 Å². The lowest BCUT2D eigenvalue weighted by atomic mass is 10.0. The Morgan fingerprint density at radius 3 is 2.69 bits per heavy atom. The molecule has 0 N–H and O–H groups in total. The number of anilines is 1. The molecule has 1 aliphatic rings. The number of fused-ring (bicyclic) bond motifs is 1. The van der Waals surface area contributed by atoms with Crippen LogP contribution in [0.2, 0.25) is 0 Å². The molecule has 3 heterocycles. The topological polar surface area (TPSA) is 64.2 Å². The van der Waals surface area contributed by atoms with Gasteiger partial charge in [-0.2, -0.15) is 0 Å². The van der Waals surface area contributed by atoms with Crippen LogP contribution in [0.4, 0.5) is 5.69 Å². The minimum absolute atomic E-state index is 0.0935. The SMILES string of the molecule is CC(Sc1nnc(-c2ccco2)n1Cc1ccccc1)C(=O)N1CCCc2ccccc21. The predicted octanol–water partition coefficient (Wildman–Crippen LogP) is 5.05. The summed E-state index contributed by atoms with van der Waals surface area (Å²) in [5.74, 6) is 1.41. The number of carbonyl (C=O) groups excluding carboxylic acids is 1. The molecule has 0 aliphatic carbocycles. The molecule has 6 nitrogen and oxygen atoms in total. The van der Waals surface area contributed by atoms with Crippen molar-refractivity contribution in [2.75, 3.05) is 11.4 Å². The number of furan rings is 1. The summed E-state index contributed by atoms with van der Waals surface area (Å²) in [4.78, 5) is 15.3. The number of benzene rings is 2. The van der Waals surface area contributed by atoms with Gasteiger partial charge in [-0.3, -0.25) is 9.36 Å². The quantitative estimate of drug-likeness (QED) is 0.390. The van der Waals surface area contributed by atoms with Crippen molar-refractivity contribution in [3.8, 4) is 11.6 Å². The van der Waals surface area contributed by atoms with Gasteiger partial charge in [0.15, 0.2) is 10.9 Å². The molecule has 4 aromatic rings. The van der Waals surface area contributed by atoms with E-state index in [0.717, 1.165) is 30.6 Å². The van der Waals surface area contributed by atoms with Gasteiger partial charge in [-0.15, -0.1) is 10.2 Å². The molecule has 5 rings (SSSR count). The van der Waals surface area contributed by atoms with Crippen molar-refractivity contribution in [2.24, 2.45) is 0 Å². The lowest BCUT2D eigenvalue weighted by Crippen LogP contribution is -2.40. The fourth-order valence-electron chi connectivity index (χ4n) is 4.06. The molecule has 0 radical (unpaired) electrons. The van der Waals surface area contributed by atoms with Crippen LogP contribution in [-0.4, -0.2) is 32.5 Å². The molecule has 0 saturated carbocycles. The van der Waals surface area contributed by atoms with E-state index in [-0.39, 0.29) is 11.2 Å². The zero-order valence-electron chi connectivity index (χ0n) is 17.8. The molecule has 0 bridgehead atoms. The van der Waals surface area contributed by atoms with Crippen LogP contribution in [0.25, 0.3) is 11.6 Å². The summed E-state index contributed by atoms with van der Waals surface area (Å²) in [6, 6.07) is 22.0. The fraction of sp³-hybridized carbons (Fsp3) is 0.240. The van der Waals surface area contributed by atoms with Gasteiger partial charge in [-0.05, 0) is 49.1 Å². The molecular formula is C25H24N4O2S. The third kappa shape index (κ3) is 4.08. The van der Waals surface area contributed by atoms with Crippen LogP contribution in [0.1, 0.15) is 24.5 Å². The number of thioether (sulfide) groups is 1. The minimum Gasteiger partial charge on any atom is -0.461 e. The van der Waals surface area contributed by atoms with E-state index in [1.807, 2.05) is 64.9 Å². The molecule has 2 aromatic carbocycles. The Hall–Kier alpha value is -3.32. The largest absolute Gasteiger partial charge is 0.461 e. The third-order valence-corrected chi connectivity index (χ3v) is 6.72. The van der Waals surface area contributed by atoms with Gasteiger partial charge in [0.25, 0.3) is 0 Å². The highest BCUT2D eigenvalue weighted by Gasteiger charge is 2.28. The van der Waals surface area contributed by atoms with Crippen LogP contribution >= 0.6 is 11.8 Å². The lowest BCUT2D eigenvalue weighted by Gasteiger charge is -2.31.